The monoisotopic (exact) mass is 376 g/mol. The summed E-state index contributed by atoms with van der Waals surface area (Å²) in [5.41, 5.74) is 0.943. The third kappa shape index (κ3) is 3.17. The summed E-state index contributed by atoms with van der Waals surface area (Å²) in [5, 5.41) is 3.88. The quantitative estimate of drug-likeness (QED) is 0.817. The first-order chi connectivity index (χ1) is 12.4. The van der Waals surface area contributed by atoms with E-state index in [2.05, 4.69) is 22.1 Å². The van der Waals surface area contributed by atoms with Crippen LogP contribution in [0.5, 0.6) is 0 Å². The van der Waals surface area contributed by atoms with E-state index in [0.717, 1.165) is 25.9 Å². The summed E-state index contributed by atoms with van der Waals surface area (Å²) >= 11 is 0. The lowest BCUT2D eigenvalue weighted by atomic mass is 9.78. The maximum atomic E-state index is 13.1. The van der Waals surface area contributed by atoms with Gasteiger partial charge in [-0.2, -0.15) is 9.29 Å². The van der Waals surface area contributed by atoms with Crippen molar-refractivity contribution >= 4 is 10.0 Å². The van der Waals surface area contributed by atoms with Gasteiger partial charge in [-0.3, -0.25) is 0 Å². The molecule has 1 aromatic heterocycles. The molecule has 0 amide bonds. The van der Waals surface area contributed by atoms with E-state index >= 15 is 0 Å². The Labute approximate surface area is 154 Å². The van der Waals surface area contributed by atoms with Crippen molar-refractivity contribution in [2.45, 2.75) is 31.1 Å². The molecule has 140 valence electrons. The summed E-state index contributed by atoms with van der Waals surface area (Å²) in [4.78, 5) is 6.82. The Morgan fingerprint density at radius 3 is 2.50 bits per heavy atom. The average molecular weight is 376 g/mol. The van der Waals surface area contributed by atoms with Crippen molar-refractivity contribution in [3.63, 3.8) is 0 Å². The molecule has 2 aliphatic heterocycles. The molecule has 2 aliphatic rings. The molecular weight excluding hydrogens is 352 g/mol. The number of likely N-dealkylation sites (tertiary alicyclic amines) is 1. The fraction of sp³-hybridized carbons (Fsp3) is 0.556. The van der Waals surface area contributed by atoms with Crippen LogP contribution in [0.1, 0.15) is 25.2 Å². The smallest absolute Gasteiger partial charge is 0.243 e. The van der Waals surface area contributed by atoms with Gasteiger partial charge in [0.25, 0.3) is 0 Å². The first-order valence-corrected chi connectivity index (χ1v) is 10.4. The van der Waals surface area contributed by atoms with Gasteiger partial charge in [-0.05, 0) is 50.4 Å². The van der Waals surface area contributed by atoms with Crippen molar-refractivity contribution in [2.75, 3.05) is 33.2 Å². The highest BCUT2D eigenvalue weighted by Crippen LogP contribution is 2.41. The van der Waals surface area contributed by atoms with Crippen LogP contribution in [0.15, 0.2) is 33.7 Å². The van der Waals surface area contributed by atoms with Crippen LogP contribution >= 0.6 is 0 Å². The number of benzene rings is 1. The van der Waals surface area contributed by atoms with E-state index in [1.54, 1.807) is 35.5 Å². The van der Waals surface area contributed by atoms with Crippen LogP contribution in [0.3, 0.4) is 0 Å². The molecule has 7 nitrogen and oxygen atoms in total. The fourth-order valence-corrected chi connectivity index (χ4v) is 5.62. The van der Waals surface area contributed by atoms with Crippen molar-refractivity contribution in [2.24, 2.45) is 5.41 Å². The van der Waals surface area contributed by atoms with Gasteiger partial charge in [0.15, 0.2) is 0 Å². The van der Waals surface area contributed by atoms with E-state index in [9.17, 15) is 8.42 Å². The molecule has 1 spiro atoms. The minimum atomic E-state index is -3.51. The molecule has 0 atom stereocenters. The average Bonchev–Trinajstić information content (AvgIpc) is 3.22. The molecule has 2 fully saturated rings. The molecule has 0 aliphatic carbocycles. The highest BCUT2D eigenvalue weighted by Gasteiger charge is 2.41. The van der Waals surface area contributed by atoms with Crippen molar-refractivity contribution in [1.82, 2.24) is 19.3 Å². The molecule has 0 saturated carbocycles. The Bertz CT molecular complexity index is 901. The third-order valence-electron chi connectivity index (χ3n) is 5.67. The van der Waals surface area contributed by atoms with Crippen LogP contribution < -0.4 is 0 Å². The van der Waals surface area contributed by atoms with Crippen LogP contribution in [0.4, 0.5) is 0 Å². The molecule has 0 radical (unpaired) electrons. The largest absolute Gasteiger partial charge is 0.339 e. The highest BCUT2D eigenvalue weighted by atomic mass is 32.2. The highest BCUT2D eigenvalue weighted by molar-refractivity contribution is 7.89. The number of hydrogen-bond donors (Lipinski definition) is 0. The van der Waals surface area contributed by atoms with Gasteiger partial charge in [0.2, 0.25) is 21.7 Å². The molecule has 0 unspecified atom stereocenters. The van der Waals surface area contributed by atoms with Gasteiger partial charge in [0.05, 0.1) is 4.90 Å². The lowest BCUT2D eigenvalue weighted by Gasteiger charge is -2.38. The first-order valence-electron chi connectivity index (χ1n) is 8.98. The maximum Gasteiger partial charge on any atom is 0.243 e. The Hall–Kier alpha value is -1.77. The summed E-state index contributed by atoms with van der Waals surface area (Å²) < 4.78 is 32.8. The lowest BCUT2D eigenvalue weighted by Crippen LogP contribution is -2.44. The van der Waals surface area contributed by atoms with Crippen molar-refractivity contribution < 1.29 is 12.9 Å². The van der Waals surface area contributed by atoms with E-state index in [1.807, 2.05) is 0 Å². The zero-order valence-corrected chi connectivity index (χ0v) is 16.0. The number of piperidine rings is 1. The van der Waals surface area contributed by atoms with Crippen molar-refractivity contribution in [1.29, 1.82) is 0 Å². The predicted octanol–water partition coefficient (Wildman–Crippen LogP) is 2.15. The number of rotatable bonds is 3. The standard InChI is InChI=1S/C18H24N4O3S/c1-14-19-17(20-25-14)15-4-3-5-16(12-15)26(23,24)22-10-7-18(8-11-22)6-9-21(2)13-18/h3-5,12H,6-11,13H2,1-2H3. The Balaban J connectivity index is 1.54. The number of hydrogen-bond acceptors (Lipinski definition) is 6. The van der Waals surface area contributed by atoms with Gasteiger partial charge in [0, 0.05) is 32.1 Å². The molecule has 1 aromatic carbocycles. The lowest BCUT2D eigenvalue weighted by molar-refractivity contribution is 0.161. The topological polar surface area (TPSA) is 79.5 Å². The Morgan fingerprint density at radius 2 is 1.88 bits per heavy atom. The van der Waals surface area contributed by atoms with Gasteiger partial charge < -0.3 is 9.42 Å². The summed E-state index contributed by atoms with van der Waals surface area (Å²) in [7, 11) is -1.37. The van der Waals surface area contributed by atoms with Crippen LogP contribution in [-0.4, -0.2) is 61.0 Å². The molecule has 0 bridgehead atoms. The van der Waals surface area contributed by atoms with Gasteiger partial charge >= 0.3 is 0 Å². The minimum Gasteiger partial charge on any atom is -0.339 e. The minimum absolute atomic E-state index is 0.289. The second-order valence-corrected chi connectivity index (χ2v) is 9.49. The normalized spacial score (nSPS) is 21.5. The molecule has 2 aromatic rings. The molecule has 8 heteroatoms. The second-order valence-electron chi connectivity index (χ2n) is 7.56. The summed E-state index contributed by atoms with van der Waals surface area (Å²) in [5.74, 6) is 0.863. The van der Waals surface area contributed by atoms with E-state index in [1.165, 1.54) is 6.42 Å². The molecule has 2 saturated heterocycles. The van der Waals surface area contributed by atoms with Gasteiger partial charge in [-0.25, -0.2) is 8.42 Å². The predicted molar refractivity (Wildman–Crippen MR) is 97.0 cm³/mol. The van der Waals surface area contributed by atoms with Crippen molar-refractivity contribution in [3.8, 4) is 11.4 Å². The van der Waals surface area contributed by atoms with Crippen molar-refractivity contribution in [3.05, 3.63) is 30.2 Å². The fourth-order valence-electron chi connectivity index (χ4n) is 4.13. The van der Waals surface area contributed by atoms with E-state index in [0.29, 0.717) is 35.8 Å². The van der Waals surface area contributed by atoms with Gasteiger partial charge in [0.1, 0.15) is 0 Å². The number of sulfonamides is 1. The number of nitrogens with zero attached hydrogens (tertiary/aromatic N) is 4. The molecule has 26 heavy (non-hydrogen) atoms. The van der Waals surface area contributed by atoms with Crippen LogP contribution in [0.2, 0.25) is 0 Å². The summed E-state index contributed by atoms with van der Waals surface area (Å²) in [6.07, 6.45) is 3.03. The summed E-state index contributed by atoms with van der Waals surface area (Å²) in [6, 6.07) is 6.79. The Morgan fingerprint density at radius 1 is 1.15 bits per heavy atom. The number of aromatic nitrogens is 2. The molecular formula is C18H24N4O3S. The van der Waals surface area contributed by atoms with E-state index in [4.69, 9.17) is 4.52 Å². The molecule has 3 heterocycles. The number of aryl methyl sites for hydroxylation is 1. The molecule has 4 rings (SSSR count). The van der Waals surface area contributed by atoms with E-state index < -0.39 is 10.0 Å². The van der Waals surface area contributed by atoms with Crippen LogP contribution in [0, 0.1) is 12.3 Å². The van der Waals surface area contributed by atoms with Crippen LogP contribution in [0.25, 0.3) is 11.4 Å². The molecule has 0 N–H and O–H groups in total. The second kappa shape index (κ2) is 6.44. The van der Waals surface area contributed by atoms with E-state index in [-0.39, 0.29) is 4.90 Å². The first kappa shape index (κ1) is 17.6. The Kier molecular flexibility index (Phi) is 4.37. The van der Waals surface area contributed by atoms with Gasteiger partial charge in [-0.15, -0.1) is 0 Å². The zero-order valence-electron chi connectivity index (χ0n) is 15.2. The zero-order chi connectivity index (χ0) is 18.4. The van der Waals surface area contributed by atoms with Gasteiger partial charge in [-0.1, -0.05) is 17.3 Å². The maximum absolute atomic E-state index is 13.1. The van der Waals surface area contributed by atoms with Crippen LogP contribution in [-0.2, 0) is 10.0 Å². The SMILES string of the molecule is Cc1nc(-c2cccc(S(=O)(=O)N3CCC4(CCN(C)C4)CC3)c2)no1. The third-order valence-corrected chi connectivity index (χ3v) is 7.56. The summed E-state index contributed by atoms with van der Waals surface area (Å²) in [6.45, 7) is 5.07.